The summed E-state index contributed by atoms with van der Waals surface area (Å²) in [7, 11) is -3.46. The van der Waals surface area contributed by atoms with Crippen LogP contribution < -0.4 is 5.32 Å². The summed E-state index contributed by atoms with van der Waals surface area (Å²) in [6.45, 7) is 6.76. The molecule has 5 rings (SSSR count). The molecule has 0 atom stereocenters. The van der Waals surface area contributed by atoms with Crippen LogP contribution in [0.5, 0.6) is 0 Å². The van der Waals surface area contributed by atoms with Crippen LogP contribution in [-0.4, -0.2) is 46.9 Å². The van der Waals surface area contributed by atoms with Crippen molar-refractivity contribution in [2.75, 3.05) is 13.1 Å². The molecule has 4 heterocycles. The number of pyridine rings is 1. The summed E-state index contributed by atoms with van der Waals surface area (Å²) in [5, 5.41) is 7.06. The number of aryl methyl sites for hydroxylation is 1. The van der Waals surface area contributed by atoms with Crippen molar-refractivity contribution in [3.8, 4) is 34.0 Å². The molecule has 0 aliphatic carbocycles. The second kappa shape index (κ2) is 9.55. The van der Waals surface area contributed by atoms with Crippen LogP contribution in [-0.2, 0) is 14.6 Å². The van der Waals surface area contributed by atoms with Crippen molar-refractivity contribution in [3.05, 3.63) is 72.3 Å². The number of hydrogen-bond donors (Lipinski definition) is 1. The smallest absolute Gasteiger partial charge is 0.187 e. The Labute approximate surface area is 211 Å². The van der Waals surface area contributed by atoms with Crippen LogP contribution in [0.2, 0.25) is 0 Å². The SMILES string of the molecule is Cc1ncc(-c2ccnc(C(C)(C)S(=O)(=O)C3CCNCC3)c2)nc1-c1cc(-c2ccccc2)no1. The topological polar surface area (TPSA) is 111 Å². The van der Waals surface area contributed by atoms with E-state index in [0.717, 1.165) is 11.1 Å². The molecule has 1 N–H and O–H groups in total. The van der Waals surface area contributed by atoms with Crippen molar-refractivity contribution in [2.45, 2.75) is 43.6 Å². The van der Waals surface area contributed by atoms with Crippen molar-refractivity contribution in [2.24, 2.45) is 0 Å². The summed E-state index contributed by atoms with van der Waals surface area (Å²) in [6, 6.07) is 15.2. The number of nitrogens with one attached hydrogen (secondary N) is 1. The van der Waals surface area contributed by atoms with Gasteiger partial charge in [0.05, 0.1) is 28.5 Å². The lowest BCUT2D eigenvalue weighted by Gasteiger charge is -2.32. The molecule has 1 aliphatic heterocycles. The minimum atomic E-state index is -3.46. The van der Waals surface area contributed by atoms with Gasteiger partial charge in [-0.05, 0) is 58.8 Å². The van der Waals surface area contributed by atoms with E-state index in [0.29, 0.717) is 60.2 Å². The molecule has 0 saturated carbocycles. The third-order valence-electron chi connectivity index (χ3n) is 6.88. The zero-order chi connectivity index (χ0) is 25.3. The van der Waals surface area contributed by atoms with Crippen molar-refractivity contribution in [1.82, 2.24) is 25.4 Å². The summed E-state index contributed by atoms with van der Waals surface area (Å²) in [5.74, 6) is 0.517. The molecule has 1 saturated heterocycles. The number of aromatic nitrogens is 4. The van der Waals surface area contributed by atoms with Gasteiger partial charge in [0.2, 0.25) is 0 Å². The van der Waals surface area contributed by atoms with Crippen LogP contribution >= 0.6 is 0 Å². The second-order valence-electron chi connectivity index (χ2n) is 9.57. The lowest BCUT2D eigenvalue weighted by atomic mass is 10.0. The highest BCUT2D eigenvalue weighted by atomic mass is 32.2. The number of nitrogens with zero attached hydrogens (tertiary/aromatic N) is 4. The van der Waals surface area contributed by atoms with Crippen molar-refractivity contribution < 1.29 is 12.9 Å². The predicted molar refractivity (Wildman–Crippen MR) is 139 cm³/mol. The summed E-state index contributed by atoms with van der Waals surface area (Å²) >= 11 is 0. The lowest BCUT2D eigenvalue weighted by molar-refractivity contribution is 0.433. The van der Waals surface area contributed by atoms with E-state index in [1.807, 2.05) is 49.4 Å². The van der Waals surface area contributed by atoms with Crippen LogP contribution in [0.1, 0.15) is 38.1 Å². The van der Waals surface area contributed by atoms with Crippen molar-refractivity contribution in [1.29, 1.82) is 0 Å². The number of sulfone groups is 1. The molecular weight excluding hydrogens is 474 g/mol. The van der Waals surface area contributed by atoms with Gasteiger partial charge in [-0.2, -0.15) is 0 Å². The van der Waals surface area contributed by atoms with E-state index in [2.05, 4.69) is 20.4 Å². The maximum absolute atomic E-state index is 13.5. The fraction of sp³-hybridized carbons (Fsp3) is 0.333. The van der Waals surface area contributed by atoms with E-state index >= 15 is 0 Å². The minimum absolute atomic E-state index is 0.379. The zero-order valence-electron chi connectivity index (χ0n) is 20.6. The standard InChI is InChI=1S/C27H29N5O3S/c1-18-26(24-16-22(32-35-24)19-7-5-4-6-8-19)31-23(17-30-18)20-9-14-29-25(15-20)27(2,3)36(33,34)21-10-12-28-13-11-21/h4-9,14-17,21,28H,10-13H2,1-3H3. The largest absolute Gasteiger partial charge is 0.354 e. The fourth-order valence-corrected chi connectivity index (χ4v) is 6.63. The Kier molecular flexibility index (Phi) is 6.44. The van der Waals surface area contributed by atoms with Gasteiger partial charge in [0.25, 0.3) is 0 Å². The van der Waals surface area contributed by atoms with E-state index in [1.54, 1.807) is 32.3 Å². The second-order valence-corrected chi connectivity index (χ2v) is 12.3. The Bertz CT molecular complexity index is 1480. The van der Waals surface area contributed by atoms with Crippen molar-refractivity contribution in [3.63, 3.8) is 0 Å². The number of rotatable bonds is 6. The maximum atomic E-state index is 13.5. The summed E-state index contributed by atoms with van der Waals surface area (Å²) in [6.07, 6.45) is 4.54. The fourth-order valence-electron chi connectivity index (χ4n) is 4.54. The Morgan fingerprint density at radius 2 is 1.72 bits per heavy atom. The van der Waals surface area contributed by atoms with Gasteiger partial charge in [-0.25, -0.2) is 13.4 Å². The van der Waals surface area contributed by atoms with E-state index in [4.69, 9.17) is 9.51 Å². The van der Waals surface area contributed by atoms with Crippen LogP contribution in [0.3, 0.4) is 0 Å². The Morgan fingerprint density at radius 3 is 2.47 bits per heavy atom. The monoisotopic (exact) mass is 503 g/mol. The van der Waals surface area contributed by atoms with Gasteiger partial charge in [0.15, 0.2) is 15.6 Å². The van der Waals surface area contributed by atoms with Gasteiger partial charge in [-0.15, -0.1) is 0 Å². The maximum Gasteiger partial charge on any atom is 0.187 e. The highest BCUT2D eigenvalue weighted by molar-refractivity contribution is 7.92. The molecule has 36 heavy (non-hydrogen) atoms. The average molecular weight is 504 g/mol. The molecule has 4 aromatic rings. The molecule has 0 bridgehead atoms. The van der Waals surface area contributed by atoms with Crippen LogP contribution in [0.25, 0.3) is 34.0 Å². The molecule has 0 spiro atoms. The first-order valence-electron chi connectivity index (χ1n) is 12.0. The van der Waals surface area contributed by atoms with Gasteiger partial charge < -0.3 is 9.84 Å². The van der Waals surface area contributed by atoms with E-state index < -0.39 is 14.6 Å². The molecular formula is C27H29N5O3S. The summed E-state index contributed by atoms with van der Waals surface area (Å²) < 4.78 is 31.6. The number of hydrogen-bond acceptors (Lipinski definition) is 8. The van der Waals surface area contributed by atoms with Gasteiger partial charge >= 0.3 is 0 Å². The molecule has 0 radical (unpaired) electrons. The molecule has 1 aliphatic rings. The quantitative estimate of drug-likeness (QED) is 0.407. The molecule has 1 aromatic carbocycles. The third-order valence-corrected chi connectivity index (χ3v) is 9.86. The molecule has 9 heteroatoms. The average Bonchev–Trinajstić information content (AvgIpc) is 3.40. The van der Waals surface area contributed by atoms with Gasteiger partial charge in [0.1, 0.15) is 16.1 Å². The Hall–Kier alpha value is -3.43. The molecule has 3 aromatic heterocycles. The van der Waals surface area contributed by atoms with E-state index in [9.17, 15) is 8.42 Å². The van der Waals surface area contributed by atoms with Crippen molar-refractivity contribution >= 4 is 9.84 Å². The number of piperidine rings is 1. The minimum Gasteiger partial charge on any atom is -0.354 e. The first kappa shape index (κ1) is 24.3. The summed E-state index contributed by atoms with van der Waals surface area (Å²) in [4.78, 5) is 13.8. The summed E-state index contributed by atoms with van der Waals surface area (Å²) in [5.41, 5.74) is 4.80. The highest BCUT2D eigenvalue weighted by Gasteiger charge is 2.43. The van der Waals surface area contributed by atoms with Crippen LogP contribution in [0, 0.1) is 6.92 Å². The first-order valence-corrected chi connectivity index (χ1v) is 13.6. The molecule has 1 fully saturated rings. The van der Waals surface area contributed by atoms with Gasteiger partial charge in [0, 0.05) is 23.4 Å². The molecule has 186 valence electrons. The molecule has 8 nitrogen and oxygen atoms in total. The Morgan fingerprint density at radius 1 is 0.972 bits per heavy atom. The van der Waals surface area contributed by atoms with E-state index in [-0.39, 0.29) is 5.25 Å². The molecule has 0 amide bonds. The van der Waals surface area contributed by atoms with Crippen LogP contribution in [0.4, 0.5) is 0 Å². The van der Waals surface area contributed by atoms with Gasteiger partial charge in [-0.3, -0.25) is 9.97 Å². The normalized spacial score (nSPS) is 15.2. The molecule has 0 unspecified atom stereocenters. The zero-order valence-corrected chi connectivity index (χ0v) is 21.4. The predicted octanol–water partition coefficient (Wildman–Crippen LogP) is 4.57. The van der Waals surface area contributed by atoms with Gasteiger partial charge in [-0.1, -0.05) is 35.5 Å². The van der Waals surface area contributed by atoms with Crippen LogP contribution in [0.15, 0.2) is 65.4 Å². The lowest BCUT2D eigenvalue weighted by Crippen LogP contribution is -2.43. The van der Waals surface area contributed by atoms with E-state index in [1.165, 1.54) is 0 Å². The Balaban J connectivity index is 1.49. The number of benzene rings is 1. The first-order chi connectivity index (χ1) is 17.3. The highest BCUT2D eigenvalue weighted by Crippen LogP contribution is 2.36. The third kappa shape index (κ3) is 4.44.